The molecule has 1 aromatic rings. The third-order valence-corrected chi connectivity index (χ3v) is 4.54. The zero-order chi connectivity index (χ0) is 14.0. The summed E-state index contributed by atoms with van der Waals surface area (Å²) in [6.07, 6.45) is 3.18. The molecule has 104 valence electrons. The van der Waals surface area contributed by atoms with Gasteiger partial charge in [-0.05, 0) is 45.2 Å². The summed E-state index contributed by atoms with van der Waals surface area (Å²) in [6, 6.07) is 3.40. The van der Waals surface area contributed by atoms with Crippen LogP contribution in [0.3, 0.4) is 0 Å². The molecule has 5 heteroatoms. The van der Waals surface area contributed by atoms with Crippen LogP contribution in [0.4, 0.5) is 0 Å². The highest BCUT2D eigenvalue weighted by atomic mass is 32.1. The van der Waals surface area contributed by atoms with Crippen LogP contribution in [-0.2, 0) is 16.0 Å². The molecule has 2 rings (SSSR count). The van der Waals surface area contributed by atoms with Crippen molar-refractivity contribution >= 4 is 23.3 Å². The predicted octanol–water partition coefficient (Wildman–Crippen LogP) is 3.11. The predicted molar refractivity (Wildman–Crippen MR) is 72.5 cm³/mol. The first-order valence-corrected chi connectivity index (χ1v) is 7.28. The number of ether oxygens (including phenoxy) is 1. The van der Waals surface area contributed by atoms with Gasteiger partial charge in [0.25, 0.3) is 0 Å². The van der Waals surface area contributed by atoms with Crippen molar-refractivity contribution in [1.82, 2.24) is 0 Å². The number of aromatic carboxylic acids is 1. The summed E-state index contributed by atoms with van der Waals surface area (Å²) in [4.78, 5) is 24.3. The summed E-state index contributed by atoms with van der Waals surface area (Å²) in [7, 11) is 0. The van der Waals surface area contributed by atoms with Gasteiger partial charge in [-0.3, -0.25) is 4.79 Å². The Bertz CT molecular complexity index is 485. The van der Waals surface area contributed by atoms with E-state index in [1.54, 1.807) is 12.1 Å². The fourth-order valence-corrected chi connectivity index (χ4v) is 3.31. The minimum absolute atomic E-state index is 0.108. The molecule has 0 bridgehead atoms. The molecule has 1 saturated carbocycles. The van der Waals surface area contributed by atoms with E-state index in [-0.39, 0.29) is 12.1 Å². The van der Waals surface area contributed by atoms with Gasteiger partial charge in [-0.1, -0.05) is 6.42 Å². The number of carbonyl (C=O) groups excluding carboxylic acids is 1. The molecule has 1 aliphatic rings. The normalized spacial score (nSPS) is 17.0. The molecule has 1 aromatic heterocycles. The van der Waals surface area contributed by atoms with E-state index in [2.05, 4.69) is 0 Å². The SMILES string of the molecule is CC(C)OC(=O)C1(Cc2ccc(C(=O)O)s2)CCC1. The van der Waals surface area contributed by atoms with Crippen LogP contribution in [0.15, 0.2) is 12.1 Å². The molecule has 1 fully saturated rings. The molecule has 0 aromatic carbocycles. The molecule has 0 amide bonds. The third-order valence-electron chi connectivity index (χ3n) is 3.47. The summed E-state index contributed by atoms with van der Waals surface area (Å²) in [5.74, 6) is -1.05. The van der Waals surface area contributed by atoms with Gasteiger partial charge in [0.05, 0.1) is 11.5 Å². The molecule has 0 saturated heterocycles. The average molecular weight is 282 g/mol. The molecule has 0 unspecified atom stereocenters. The van der Waals surface area contributed by atoms with Gasteiger partial charge in [0, 0.05) is 4.88 Å². The van der Waals surface area contributed by atoms with E-state index in [9.17, 15) is 9.59 Å². The van der Waals surface area contributed by atoms with E-state index in [1.165, 1.54) is 11.3 Å². The van der Waals surface area contributed by atoms with Crippen molar-refractivity contribution < 1.29 is 19.4 Å². The van der Waals surface area contributed by atoms with Crippen LogP contribution in [0.2, 0.25) is 0 Å². The van der Waals surface area contributed by atoms with Crippen LogP contribution in [0.25, 0.3) is 0 Å². The highest BCUT2D eigenvalue weighted by Gasteiger charge is 2.46. The van der Waals surface area contributed by atoms with Gasteiger partial charge >= 0.3 is 11.9 Å². The Morgan fingerprint density at radius 3 is 2.53 bits per heavy atom. The van der Waals surface area contributed by atoms with Gasteiger partial charge in [0.2, 0.25) is 0 Å². The number of thiophene rings is 1. The van der Waals surface area contributed by atoms with Crippen molar-refractivity contribution in [2.24, 2.45) is 5.41 Å². The Balaban J connectivity index is 2.09. The standard InChI is InChI=1S/C14H18O4S/c1-9(2)18-13(17)14(6-3-7-14)8-10-4-5-11(19-10)12(15)16/h4-5,9H,3,6-8H2,1-2H3,(H,15,16). The van der Waals surface area contributed by atoms with Crippen LogP contribution in [0.5, 0.6) is 0 Å². The number of rotatable bonds is 5. The number of hydrogen-bond donors (Lipinski definition) is 1. The lowest BCUT2D eigenvalue weighted by molar-refractivity contribution is -0.165. The Kier molecular flexibility index (Phi) is 3.94. The second kappa shape index (κ2) is 5.33. The number of carboxylic acid groups (broad SMARTS) is 1. The lowest BCUT2D eigenvalue weighted by Crippen LogP contribution is -2.42. The van der Waals surface area contributed by atoms with Crippen LogP contribution >= 0.6 is 11.3 Å². The number of esters is 1. The molecule has 4 nitrogen and oxygen atoms in total. The zero-order valence-electron chi connectivity index (χ0n) is 11.1. The second-order valence-corrected chi connectivity index (χ2v) is 6.50. The van der Waals surface area contributed by atoms with Crippen molar-refractivity contribution in [3.63, 3.8) is 0 Å². The molecule has 0 spiro atoms. The fraction of sp³-hybridized carbons (Fsp3) is 0.571. The van der Waals surface area contributed by atoms with Gasteiger partial charge < -0.3 is 9.84 Å². The van der Waals surface area contributed by atoms with Crippen molar-refractivity contribution in [1.29, 1.82) is 0 Å². The Morgan fingerprint density at radius 1 is 1.42 bits per heavy atom. The van der Waals surface area contributed by atoms with Crippen molar-refractivity contribution in [3.8, 4) is 0 Å². The first kappa shape index (κ1) is 14.1. The van der Waals surface area contributed by atoms with Gasteiger partial charge in [-0.25, -0.2) is 4.79 Å². The van der Waals surface area contributed by atoms with Gasteiger partial charge in [0.15, 0.2) is 0 Å². The Labute approximate surface area is 116 Å². The summed E-state index contributed by atoms with van der Waals surface area (Å²) in [5, 5.41) is 8.91. The monoisotopic (exact) mass is 282 g/mol. The number of hydrogen-bond acceptors (Lipinski definition) is 4. The molecule has 1 aliphatic carbocycles. The highest BCUT2D eigenvalue weighted by molar-refractivity contribution is 7.13. The molecular formula is C14H18O4S. The Morgan fingerprint density at radius 2 is 2.11 bits per heavy atom. The van der Waals surface area contributed by atoms with Crippen LogP contribution in [0.1, 0.15) is 47.7 Å². The van der Waals surface area contributed by atoms with Crippen molar-refractivity contribution in [2.75, 3.05) is 0 Å². The summed E-state index contributed by atoms with van der Waals surface area (Å²) in [5.41, 5.74) is -0.426. The molecule has 1 heterocycles. The van der Waals surface area contributed by atoms with Crippen molar-refractivity contribution in [3.05, 3.63) is 21.9 Å². The van der Waals surface area contributed by atoms with Crippen LogP contribution < -0.4 is 0 Å². The maximum atomic E-state index is 12.2. The average Bonchev–Trinajstić information content (AvgIpc) is 2.70. The second-order valence-electron chi connectivity index (χ2n) is 5.34. The minimum Gasteiger partial charge on any atom is -0.477 e. The molecular weight excluding hydrogens is 264 g/mol. The highest BCUT2D eigenvalue weighted by Crippen LogP contribution is 2.45. The first-order valence-electron chi connectivity index (χ1n) is 6.46. The van der Waals surface area contributed by atoms with Crippen LogP contribution in [0, 0.1) is 5.41 Å². The largest absolute Gasteiger partial charge is 0.477 e. The molecule has 0 radical (unpaired) electrons. The third kappa shape index (κ3) is 2.97. The number of carboxylic acids is 1. The molecule has 19 heavy (non-hydrogen) atoms. The van der Waals surface area contributed by atoms with Gasteiger partial charge in [-0.15, -0.1) is 11.3 Å². The van der Waals surface area contributed by atoms with E-state index in [1.807, 2.05) is 13.8 Å². The lowest BCUT2D eigenvalue weighted by Gasteiger charge is -2.39. The topological polar surface area (TPSA) is 63.6 Å². The number of carbonyl (C=O) groups is 2. The summed E-state index contributed by atoms with van der Waals surface area (Å²) in [6.45, 7) is 3.69. The van der Waals surface area contributed by atoms with E-state index in [0.717, 1.165) is 24.1 Å². The van der Waals surface area contributed by atoms with Crippen LogP contribution in [-0.4, -0.2) is 23.1 Å². The maximum absolute atomic E-state index is 12.2. The summed E-state index contributed by atoms with van der Waals surface area (Å²) < 4.78 is 5.33. The maximum Gasteiger partial charge on any atom is 0.345 e. The quantitative estimate of drug-likeness (QED) is 0.843. The zero-order valence-corrected chi connectivity index (χ0v) is 12.0. The fourth-order valence-electron chi connectivity index (χ4n) is 2.32. The molecule has 0 atom stereocenters. The van der Waals surface area contributed by atoms with E-state index in [0.29, 0.717) is 11.3 Å². The van der Waals surface area contributed by atoms with E-state index < -0.39 is 11.4 Å². The van der Waals surface area contributed by atoms with Gasteiger partial charge in [-0.2, -0.15) is 0 Å². The summed E-state index contributed by atoms with van der Waals surface area (Å²) >= 11 is 1.25. The van der Waals surface area contributed by atoms with Gasteiger partial charge in [0.1, 0.15) is 4.88 Å². The van der Waals surface area contributed by atoms with E-state index >= 15 is 0 Å². The first-order chi connectivity index (χ1) is 8.93. The van der Waals surface area contributed by atoms with Crippen molar-refractivity contribution in [2.45, 2.75) is 45.6 Å². The lowest BCUT2D eigenvalue weighted by atomic mass is 9.66. The minimum atomic E-state index is -0.913. The molecule has 1 N–H and O–H groups in total. The van der Waals surface area contributed by atoms with E-state index in [4.69, 9.17) is 9.84 Å². The molecule has 0 aliphatic heterocycles. The Hall–Kier alpha value is -1.36. The smallest absolute Gasteiger partial charge is 0.345 e.